The molecule has 208 valence electrons. The van der Waals surface area contributed by atoms with Crippen LogP contribution in [-0.2, 0) is 9.53 Å². The Bertz CT molecular complexity index is 1370. The van der Waals surface area contributed by atoms with Crippen molar-refractivity contribution in [1.29, 1.82) is 0 Å². The molecule has 0 aliphatic carbocycles. The predicted molar refractivity (Wildman–Crippen MR) is 144 cm³/mol. The lowest BCUT2D eigenvalue weighted by atomic mass is 9.96. The van der Waals surface area contributed by atoms with Crippen molar-refractivity contribution >= 4 is 23.4 Å². The van der Waals surface area contributed by atoms with E-state index in [2.05, 4.69) is 0 Å². The van der Waals surface area contributed by atoms with Crippen molar-refractivity contribution in [3.63, 3.8) is 0 Å². The number of piperazine rings is 1. The van der Waals surface area contributed by atoms with Gasteiger partial charge in [-0.15, -0.1) is 0 Å². The fourth-order valence-electron chi connectivity index (χ4n) is 5.98. The first-order valence-corrected chi connectivity index (χ1v) is 13.6. The van der Waals surface area contributed by atoms with Gasteiger partial charge in [0.1, 0.15) is 17.6 Å². The van der Waals surface area contributed by atoms with Crippen molar-refractivity contribution in [2.45, 2.75) is 24.6 Å². The maximum absolute atomic E-state index is 14.3. The van der Waals surface area contributed by atoms with Gasteiger partial charge in [-0.05, 0) is 36.4 Å². The van der Waals surface area contributed by atoms with E-state index < -0.39 is 11.8 Å². The van der Waals surface area contributed by atoms with E-state index in [-0.39, 0.29) is 35.9 Å². The van der Waals surface area contributed by atoms with E-state index in [1.54, 1.807) is 69.3 Å². The summed E-state index contributed by atoms with van der Waals surface area (Å²) >= 11 is 0. The summed E-state index contributed by atoms with van der Waals surface area (Å²) in [4.78, 5) is 47.7. The first-order chi connectivity index (χ1) is 19.5. The molecular weight excluding hydrogens is 515 g/mol. The molecule has 0 saturated carbocycles. The molecule has 1 atom stereocenters. The summed E-state index contributed by atoms with van der Waals surface area (Å²) in [6.45, 7) is 2.60. The van der Waals surface area contributed by atoms with Crippen LogP contribution >= 0.6 is 0 Å². The number of para-hydroxylation sites is 1. The van der Waals surface area contributed by atoms with Crippen LogP contribution in [-0.4, -0.2) is 90.1 Å². The highest BCUT2D eigenvalue weighted by Gasteiger charge is 2.55. The zero-order valence-electron chi connectivity index (χ0n) is 22.1. The highest BCUT2D eigenvalue weighted by molar-refractivity contribution is 5.98. The van der Waals surface area contributed by atoms with Gasteiger partial charge in [-0.3, -0.25) is 19.3 Å². The fraction of sp³-hybridized carbons (Fsp3) is 0.367. The molecule has 3 amide bonds. The number of anilines is 1. The monoisotopic (exact) mass is 546 g/mol. The lowest BCUT2D eigenvalue weighted by Gasteiger charge is -2.45. The predicted octanol–water partition coefficient (Wildman–Crippen LogP) is 3.24. The number of likely N-dealkylation sites (tertiary alicyclic amines) is 1. The van der Waals surface area contributed by atoms with Crippen LogP contribution in [0.5, 0.6) is 0 Å². The molecule has 40 heavy (non-hydrogen) atoms. The van der Waals surface area contributed by atoms with Crippen LogP contribution in [0.15, 0.2) is 77.4 Å². The van der Waals surface area contributed by atoms with Crippen molar-refractivity contribution in [2.75, 3.05) is 50.8 Å². The number of nitrogens with zero attached hydrogens (tertiary/aromatic N) is 4. The highest BCUT2D eigenvalue weighted by Crippen LogP contribution is 2.39. The Labute approximate surface area is 231 Å². The third-order valence-electron chi connectivity index (χ3n) is 8.13. The first-order valence-electron chi connectivity index (χ1n) is 13.6. The van der Waals surface area contributed by atoms with Gasteiger partial charge in [0.15, 0.2) is 5.76 Å². The zero-order valence-corrected chi connectivity index (χ0v) is 22.1. The van der Waals surface area contributed by atoms with Crippen LogP contribution in [0.25, 0.3) is 0 Å². The Kier molecular flexibility index (Phi) is 7.02. The maximum Gasteiger partial charge on any atom is 0.289 e. The Morgan fingerprint density at radius 2 is 1.48 bits per heavy atom. The van der Waals surface area contributed by atoms with Gasteiger partial charge in [0, 0.05) is 57.7 Å². The van der Waals surface area contributed by atoms with Crippen LogP contribution in [0, 0.1) is 5.82 Å². The van der Waals surface area contributed by atoms with Crippen molar-refractivity contribution < 1.29 is 27.9 Å². The number of piperidine rings is 1. The van der Waals surface area contributed by atoms with Gasteiger partial charge in [-0.25, -0.2) is 4.39 Å². The summed E-state index contributed by atoms with van der Waals surface area (Å²) in [7, 11) is 0. The minimum atomic E-state index is -0.998. The number of halogens is 1. The summed E-state index contributed by atoms with van der Waals surface area (Å²) < 4.78 is 25.9. The molecule has 3 fully saturated rings. The van der Waals surface area contributed by atoms with E-state index in [4.69, 9.17) is 9.15 Å². The van der Waals surface area contributed by atoms with E-state index in [9.17, 15) is 18.8 Å². The van der Waals surface area contributed by atoms with E-state index >= 15 is 0 Å². The summed E-state index contributed by atoms with van der Waals surface area (Å²) in [5.74, 6) is -0.678. The van der Waals surface area contributed by atoms with Crippen molar-refractivity contribution in [2.24, 2.45) is 0 Å². The molecule has 1 aromatic heterocycles. The molecule has 6 rings (SSSR count). The van der Waals surface area contributed by atoms with E-state index in [0.29, 0.717) is 63.4 Å². The molecule has 3 aliphatic rings. The second kappa shape index (κ2) is 10.8. The largest absolute Gasteiger partial charge is 0.459 e. The van der Waals surface area contributed by atoms with Crippen LogP contribution in [0.3, 0.4) is 0 Å². The molecule has 10 heteroatoms. The van der Waals surface area contributed by atoms with Gasteiger partial charge < -0.3 is 23.9 Å². The van der Waals surface area contributed by atoms with Crippen molar-refractivity contribution in [3.8, 4) is 0 Å². The molecule has 3 aromatic rings. The van der Waals surface area contributed by atoms with Gasteiger partial charge in [0.25, 0.3) is 11.8 Å². The topological polar surface area (TPSA) is 86.5 Å². The third kappa shape index (κ3) is 4.72. The fourth-order valence-corrected chi connectivity index (χ4v) is 5.98. The summed E-state index contributed by atoms with van der Waals surface area (Å²) in [6, 6.07) is 18.0. The quantitative estimate of drug-likeness (QED) is 0.500. The lowest BCUT2D eigenvalue weighted by molar-refractivity contribution is -0.138. The molecular formula is C30H31FN4O5. The average molecular weight is 547 g/mol. The maximum atomic E-state index is 14.3. The molecule has 3 saturated heterocycles. The first kappa shape index (κ1) is 26.1. The number of furan rings is 1. The number of amides is 3. The van der Waals surface area contributed by atoms with Gasteiger partial charge in [0.05, 0.1) is 18.6 Å². The van der Waals surface area contributed by atoms with Crippen LogP contribution < -0.4 is 4.90 Å². The molecule has 2 aromatic carbocycles. The molecule has 0 N–H and O–H groups in total. The van der Waals surface area contributed by atoms with E-state index in [1.165, 1.54) is 12.3 Å². The number of ether oxygens (including phenoxy) is 1. The Morgan fingerprint density at radius 3 is 2.15 bits per heavy atom. The van der Waals surface area contributed by atoms with Crippen LogP contribution in [0.1, 0.15) is 33.8 Å². The smallest absolute Gasteiger partial charge is 0.289 e. The SMILES string of the molecule is O=C(c1ccco1)N1CCC2(CC1)OCC(C(=O)N1CCN(c3ccccc3F)CC1)N2C(=O)c1ccccc1. The number of hydrogen-bond donors (Lipinski definition) is 0. The Morgan fingerprint density at radius 1 is 0.775 bits per heavy atom. The molecule has 9 nitrogen and oxygen atoms in total. The summed E-state index contributed by atoms with van der Waals surface area (Å²) in [5, 5.41) is 0. The Hall–Kier alpha value is -4.18. The van der Waals surface area contributed by atoms with Crippen LogP contribution in [0.4, 0.5) is 10.1 Å². The molecule has 1 spiro atoms. The normalized spacial score (nSPS) is 20.7. The number of benzene rings is 2. The van der Waals surface area contributed by atoms with E-state index in [1.807, 2.05) is 11.0 Å². The van der Waals surface area contributed by atoms with Crippen LogP contribution in [0.2, 0.25) is 0 Å². The molecule has 0 radical (unpaired) electrons. The van der Waals surface area contributed by atoms with E-state index in [0.717, 1.165) is 0 Å². The second-order valence-electron chi connectivity index (χ2n) is 10.3. The molecule has 1 unspecified atom stereocenters. The molecule has 4 heterocycles. The minimum Gasteiger partial charge on any atom is -0.459 e. The highest BCUT2D eigenvalue weighted by atomic mass is 19.1. The Balaban J connectivity index is 1.20. The third-order valence-corrected chi connectivity index (χ3v) is 8.13. The standard InChI is InChI=1S/C30H31FN4O5/c31-23-9-4-5-10-24(23)32-16-18-34(19-17-32)28(37)25-21-40-30(35(25)27(36)22-7-2-1-3-8-22)12-14-33(15-13-30)29(38)26-11-6-20-39-26/h1-11,20,25H,12-19,21H2. The molecule has 3 aliphatic heterocycles. The van der Waals surface area contributed by atoms with Gasteiger partial charge >= 0.3 is 0 Å². The van der Waals surface area contributed by atoms with Gasteiger partial charge in [-0.2, -0.15) is 0 Å². The minimum absolute atomic E-state index is 0.0804. The molecule has 0 bridgehead atoms. The second-order valence-corrected chi connectivity index (χ2v) is 10.3. The number of hydrogen-bond acceptors (Lipinski definition) is 6. The number of carbonyl (C=O) groups is 3. The number of carbonyl (C=O) groups excluding carboxylic acids is 3. The number of rotatable bonds is 4. The zero-order chi connectivity index (χ0) is 27.7. The van der Waals surface area contributed by atoms with Crippen molar-refractivity contribution in [3.05, 3.63) is 90.1 Å². The average Bonchev–Trinajstić information content (AvgIpc) is 3.66. The van der Waals surface area contributed by atoms with Crippen molar-refractivity contribution in [1.82, 2.24) is 14.7 Å². The lowest BCUT2D eigenvalue weighted by Crippen LogP contribution is -2.61. The summed E-state index contributed by atoms with van der Waals surface area (Å²) in [5.41, 5.74) is 0.000434. The van der Waals surface area contributed by atoms with Gasteiger partial charge in [0.2, 0.25) is 5.91 Å². The summed E-state index contributed by atoms with van der Waals surface area (Å²) in [6.07, 6.45) is 2.22. The van der Waals surface area contributed by atoms with Gasteiger partial charge in [-0.1, -0.05) is 30.3 Å².